The molecule has 0 bridgehead atoms. The van der Waals surface area contributed by atoms with Crippen LogP contribution in [0.15, 0.2) is 18.9 Å². The molecule has 1 N–H and O–H groups in total. The predicted octanol–water partition coefficient (Wildman–Crippen LogP) is 3.11. The van der Waals surface area contributed by atoms with Crippen molar-refractivity contribution in [1.82, 2.24) is 5.43 Å². The van der Waals surface area contributed by atoms with Crippen LogP contribution in [0.25, 0.3) is 0 Å². The smallest absolute Gasteiger partial charge is 0.178 e. The molecule has 1 atom stereocenters. The van der Waals surface area contributed by atoms with Crippen molar-refractivity contribution in [3.8, 4) is 0 Å². The van der Waals surface area contributed by atoms with Gasteiger partial charge in [-0.15, -0.1) is 0 Å². The predicted molar refractivity (Wildman–Crippen MR) is 67.0 cm³/mol. The Balaban J connectivity index is 4.80. The summed E-state index contributed by atoms with van der Waals surface area (Å²) >= 11 is 0. The quantitative estimate of drug-likeness (QED) is 0.403. The Kier molecular flexibility index (Phi) is 6.03. The van der Waals surface area contributed by atoms with Gasteiger partial charge in [-0.05, 0) is 36.9 Å². The zero-order valence-electron chi connectivity index (χ0n) is 10.8. The molecule has 0 aromatic carbocycles. The van der Waals surface area contributed by atoms with Crippen molar-refractivity contribution in [2.75, 3.05) is 0 Å². The van der Waals surface area contributed by atoms with E-state index in [1.54, 1.807) is 6.20 Å². The summed E-state index contributed by atoms with van der Waals surface area (Å²) in [4.78, 5) is 0. The van der Waals surface area contributed by atoms with Crippen molar-refractivity contribution in [2.24, 2.45) is 5.92 Å². The van der Waals surface area contributed by atoms with Crippen LogP contribution in [-0.4, -0.2) is 16.1 Å². The normalized spacial score (nSPS) is 14.0. The maximum Gasteiger partial charge on any atom is 0.203 e. The Morgan fingerprint density at radius 2 is 2.07 bits per heavy atom. The van der Waals surface area contributed by atoms with Crippen molar-refractivity contribution < 1.29 is 4.68 Å². The Bertz CT molecular complexity index is 260. The first-order valence-electron chi connectivity index (χ1n) is 5.77. The van der Waals surface area contributed by atoms with Crippen molar-refractivity contribution in [3.63, 3.8) is 0 Å². The average Bonchev–Trinajstić information content (AvgIpc) is 2.23. The lowest BCUT2D eigenvalue weighted by Gasteiger charge is -2.29. The topological polar surface area (TPSA) is 15.0 Å². The van der Waals surface area contributed by atoms with Gasteiger partial charge in [0.2, 0.25) is 6.20 Å². The van der Waals surface area contributed by atoms with Crippen molar-refractivity contribution >= 4 is 5.87 Å². The van der Waals surface area contributed by atoms with Crippen molar-refractivity contribution in [1.29, 1.82) is 0 Å². The van der Waals surface area contributed by atoms with Crippen LogP contribution in [-0.2, 0) is 0 Å². The minimum Gasteiger partial charge on any atom is -0.178 e. The monoisotopic (exact) mass is 209 g/mol. The number of hydrazine groups is 1. The second-order valence-corrected chi connectivity index (χ2v) is 4.33. The van der Waals surface area contributed by atoms with Crippen LogP contribution in [0.2, 0.25) is 0 Å². The molecule has 0 radical (unpaired) electrons. The van der Waals surface area contributed by atoms with E-state index < -0.39 is 0 Å². The highest BCUT2D eigenvalue weighted by molar-refractivity contribution is 5.45. The summed E-state index contributed by atoms with van der Waals surface area (Å²) in [6, 6.07) is 0. The van der Waals surface area contributed by atoms with Crippen molar-refractivity contribution in [3.05, 3.63) is 18.9 Å². The Labute approximate surface area is 94.4 Å². The summed E-state index contributed by atoms with van der Waals surface area (Å²) in [6.07, 6.45) is 5.80. The third-order valence-corrected chi connectivity index (χ3v) is 3.00. The number of rotatable bonds is 6. The molecule has 0 aliphatic carbocycles. The van der Waals surface area contributed by atoms with Crippen LogP contribution < -0.4 is 5.43 Å². The van der Waals surface area contributed by atoms with Crippen molar-refractivity contribution in [2.45, 2.75) is 53.0 Å². The molecule has 1 unspecified atom stereocenters. The second-order valence-electron chi connectivity index (χ2n) is 4.33. The fourth-order valence-corrected chi connectivity index (χ4v) is 1.21. The van der Waals surface area contributed by atoms with Gasteiger partial charge in [-0.2, -0.15) is 5.43 Å². The number of allylic oxidation sites excluding steroid dienone is 1. The van der Waals surface area contributed by atoms with Gasteiger partial charge in [0.15, 0.2) is 5.87 Å². The van der Waals surface area contributed by atoms with Gasteiger partial charge >= 0.3 is 0 Å². The van der Waals surface area contributed by atoms with Gasteiger partial charge in [-0.1, -0.05) is 27.7 Å². The molecule has 0 aromatic rings. The van der Waals surface area contributed by atoms with Crippen LogP contribution in [0.4, 0.5) is 0 Å². The summed E-state index contributed by atoms with van der Waals surface area (Å²) in [6.45, 7) is 14.7. The third-order valence-electron chi connectivity index (χ3n) is 3.00. The van der Waals surface area contributed by atoms with Gasteiger partial charge in [0.1, 0.15) is 0 Å². The SMILES string of the molecule is C=C[N+](=C=CCC)NC(C)(CC)C(C)C. The molecule has 0 heterocycles. The first-order chi connectivity index (χ1) is 7.00. The lowest BCUT2D eigenvalue weighted by atomic mass is 9.87. The molecule has 0 saturated carbocycles. The second kappa shape index (κ2) is 6.47. The molecule has 0 amide bonds. The summed E-state index contributed by atoms with van der Waals surface area (Å²) in [5.74, 6) is 3.71. The molecule has 2 heteroatoms. The molecule has 2 nitrogen and oxygen atoms in total. The maximum atomic E-state index is 3.77. The standard InChI is InChI=1S/C13H25N2/c1-7-10-11-15(9-3)14-13(6,8-2)12(4)5/h9-10,12,14H,3,7-8H2,1-2,4-6H3/q+1. The number of hydrazone groups is 1. The summed E-state index contributed by atoms with van der Waals surface area (Å²) in [5.41, 5.74) is 3.52. The van der Waals surface area contributed by atoms with Crippen LogP contribution in [0.3, 0.4) is 0 Å². The summed E-state index contributed by atoms with van der Waals surface area (Å²) in [5, 5.41) is 0. The average molecular weight is 209 g/mol. The van der Waals surface area contributed by atoms with Gasteiger partial charge in [0.25, 0.3) is 0 Å². The molecule has 0 rings (SSSR count). The zero-order chi connectivity index (χ0) is 11.9. The minimum atomic E-state index is 0.0861. The van der Waals surface area contributed by atoms with Gasteiger partial charge in [0.05, 0.1) is 5.54 Å². The molecule has 0 aromatic heterocycles. The third kappa shape index (κ3) is 4.35. The lowest BCUT2D eigenvalue weighted by Crippen LogP contribution is -2.49. The van der Waals surface area contributed by atoms with Gasteiger partial charge < -0.3 is 0 Å². The number of hydrogen-bond acceptors (Lipinski definition) is 1. The maximum absolute atomic E-state index is 3.77. The molecule has 0 spiro atoms. The first kappa shape index (κ1) is 14.0. The molecule has 0 aliphatic rings. The number of hydrogen-bond donors (Lipinski definition) is 1. The minimum absolute atomic E-state index is 0.0861. The van der Waals surface area contributed by atoms with Crippen LogP contribution in [0.1, 0.15) is 47.5 Å². The van der Waals surface area contributed by atoms with E-state index in [1.165, 1.54) is 0 Å². The molecular formula is C13H25N2+. The van der Waals surface area contributed by atoms with Gasteiger partial charge in [0, 0.05) is 6.08 Å². The molecule has 86 valence electrons. The Morgan fingerprint density at radius 3 is 2.40 bits per heavy atom. The summed E-state index contributed by atoms with van der Waals surface area (Å²) < 4.78 is 1.83. The van der Waals surface area contributed by atoms with Crippen LogP contribution in [0, 0.1) is 5.92 Å². The van der Waals surface area contributed by atoms with Crippen LogP contribution >= 0.6 is 0 Å². The van der Waals surface area contributed by atoms with E-state index in [1.807, 2.05) is 10.8 Å². The fourth-order valence-electron chi connectivity index (χ4n) is 1.21. The highest BCUT2D eigenvalue weighted by atomic mass is 15.4. The van der Waals surface area contributed by atoms with E-state index in [2.05, 4.69) is 52.5 Å². The lowest BCUT2D eigenvalue weighted by molar-refractivity contribution is -0.533. The largest absolute Gasteiger partial charge is 0.203 e. The Hall–Kier alpha value is -1.01. The fraction of sp³-hybridized carbons (Fsp3) is 0.692. The van der Waals surface area contributed by atoms with Gasteiger partial charge in [-0.3, -0.25) is 0 Å². The van der Waals surface area contributed by atoms with E-state index in [0.29, 0.717) is 5.92 Å². The van der Waals surface area contributed by atoms with E-state index in [9.17, 15) is 0 Å². The zero-order valence-corrected chi connectivity index (χ0v) is 10.8. The molecule has 0 saturated heterocycles. The Morgan fingerprint density at radius 1 is 1.47 bits per heavy atom. The molecule has 0 fully saturated rings. The van der Waals surface area contributed by atoms with E-state index >= 15 is 0 Å². The van der Waals surface area contributed by atoms with E-state index in [-0.39, 0.29) is 5.54 Å². The van der Waals surface area contributed by atoms with E-state index in [0.717, 1.165) is 12.8 Å². The molecule has 15 heavy (non-hydrogen) atoms. The number of nitrogens with zero attached hydrogens (tertiary/aromatic N) is 1. The summed E-state index contributed by atoms with van der Waals surface area (Å²) in [7, 11) is 0. The molecular weight excluding hydrogens is 184 g/mol. The molecule has 0 aliphatic heterocycles. The number of nitrogens with one attached hydrogen (secondary N) is 1. The highest BCUT2D eigenvalue weighted by Gasteiger charge is 2.30. The van der Waals surface area contributed by atoms with Gasteiger partial charge in [-0.25, -0.2) is 0 Å². The van der Waals surface area contributed by atoms with E-state index in [4.69, 9.17) is 0 Å². The van der Waals surface area contributed by atoms with Crippen LogP contribution in [0.5, 0.6) is 0 Å². The highest BCUT2D eigenvalue weighted by Crippen LogP contribution is 2.19. The first-order valence-corrected chi connectivity index (χ1v) is 5.77.